The molecule has 1 aromatic rings. The van der Waals surface area contributed by atoms with Gasteiger partial charge in [0, 0.05) is 36.8 Å². The van der Waals surface area contributed by atoms with Gasteiger partial charge in [0.1, 0.15) is 5.75 Å². The number of aliphatic hydroxyl groups excluding tert-OH is 1. The van der Waals surface area contributed by atoms with E-state index in [9.17, 15) is 5.11 Å². The molecule has 86 valence electrons. The second-order valence-corrected chi connectivity index (χ2v) is 3.44. The van der Waals surface area contributed by atoms with Crippen molar-refractivity contribution in [3.63, 3.8) is 0 Å². The van der Waals surface area contributed by atoms with Crippen molar-refractivity contribution < 1.29 is 10.2 Å². The Morgan fingerprint density at radius 2 is 2.31 bits per heavy atom. The van der Waals surface area contributed by atoms with E-state index in [-0.39, 0.29) is 12.4 Å². The van der Waals surface area contributed by atoms with Crippen LogP contribution in [0.3, 0.4) is 0 Å². The number of aliphatic hydroxyl groups is 1. The molecule has 0 saturated carbocycles. The van der Waals surface area contributed by atoms with Crippen LogP contribution in [0.4, 0.5) is 0 Å². The van der Waals surface area contributed by atoms with Gasteiger partial charge in [-0.15, -0.1) is 0 Å². The van der Waals surface area contributed by atoms with Gasteiger partial charge >= 0.3 is 0 Å². The molecule has 0 atom stereocenters. The zero-order chi connectivity index (χ0) is 12.0. The molecule has 0 aliphatic carbocycles. The Labute approximate surface area is 94.4 Å². The highest BCUT2D eigenvalue weighted by Gasteiger charge is 2.10. The van der Waals surface area contributed by atoms with Crippen molar-refractivity contribution in [2.75, 3.05) is 6.54 Å². The maximum Gasteiger partial charge on any atom is 0.141 e. The molecule has 1 heterocycles. The van der Waals surface area contributed by atoms with Gasteiger partial charge in [0.2, 0.25) is 0 Å². The Bertz CT molecular complexity index is 399. The summed E-state index contributed by atoms with van der Waals surface area (Å²) in [6.45, 7) is 2.53. The number of nitriles is 1. The van der Waals surface area contributed by atoms with Gasteiger partial charge in [0.05, 0.1) is 18.4 Å². The van der Waals surface area contributed by atoms with Crippen LogP contribution in [0.1, 0.15) is 23.2 Å². The van der Waals surface area contributed by atoms with Gasteiger partial charge in [0.15, 0.2) is 0 Å². The average Bonchev–Trinajstić information content (AvgIpc) is 2.30. The molecule has 0 fully saturated rings. The van der Waals surface area contributed by atoms with Crippen molar-refractivity contribution in [2.24, 2.45) is 0 Å². The van der Waals surface area contributed by atoms with Gasteiger partial charge < -0.3 is 15.5 Å². The normalized spacial score (nSPS) is 10.1. The Morgan fingerprint density at radius 3 is 2.94 bits per heavy atom. The maximum absolute atomic E-state index is 9.79. The molecule has 5 heteroatoms. The van der Waals surface area contributed by atoms with Crippen LogP contribution < -0.4 is 5.32 Å². The van der Waals surface area contributed by atoms with Crippen molar-refractivity contribution in [3.05, 3.63) is 23.0 Å². The summed E-state index contributed by atoms with van der Waals surface area (Å²) in [5.74, 6) is 0.107. The van der Waals surface area contributed by atoms with Crippen LogP contribution in [0.15, 0.2) is 6.20 Å². The second kappa shape index (κ2) is 6.05. The molecule has 1 rings (SSSR count). The molecule has 5 nitrogen and oxygen atoms in total. The highest BCUT2D eigenvalue weighted by molar-refractivity contribution is 5.40. The van der Waals surface area contributed by atoms with E-state index in [0.717, 1.165) is 0 Å². The summed E-state index contributed by atoms with van der Waals surface area (Å²) in [6.07, 6.45) is 1.97. The van der Waals surface area contributed by atoms with Crippen LogP contribution in [0.25, 0.3) is 0 Å². The molecule has 0 spiro atoms. The topological polar surface area (TPSA) is 89.2 Å². The smallest absolute Gasteiger partial charge is 0.141 e. The number of nitrogens with one attached hydrogen (secondary N) is 1. The molecule has 16 heavy (non-hydrogen) atoms. The fourth-order valence-corrected chi connectivity index (χ4v) is 1.38. The number of pyridine rings is 1. The maximum atomic E-state index is 9.79. The molecule has 0 aliphatic rings. The molecule has 1 aromatic heterocycles. The van der Waals surface area contributed by atoms with Gasteiger partial charge in [-0.2, -0.15) is 5.26 Å². The fourth-order valence-electron chi connectivity index (χ4n) is 1.38. The van der Waals surface area contributed by atoms with Gasteiger partial charge in [-0.05, 0) is 6.92 Å². The third kappa shape index (κ3) is 2.92. The highest BCUT2D eigenvalue weighted by atomic mass is 16.3. The molecule has 0 unspecified atom stereocenters. The standard InChI is InChI=1S/C11H15N3O2/c1-8-11(16)10(6-13-4-2-3-12)9(7-15)5-14-8/h5,13,15-16H,2,4,6-7H2,1H3. The number of hydrogen-bond acceptors (Lipinski definition) is 5. The minimum absolute atomic E-state index is 0.107. The lowest BCUT2D eigenvalue weighted by atomic mass is 10.1. The zero-order valence-electron chi connectivity index (χ0n) is 9.19. The van der Waals surface area contributed by atoms with E-state index in [4.69, 9.17) is 10.4 Å². The number of aromatic hydroxyl groups is 1. The monoisotopic (exact) mass is 221 g/mol. The zero-order valence-corrected chi connectivity index (χ0v) is 9.19. The van der Waals surface area contributed by atoms with Crippen LogP contribution in [0, 0.1) is 18.3 Å². The van der Waals surface area contributed by atoms with E-state index in [1.54, 1.807) is 13.1 Å². The lowest BCUT2D eigenvalue weighted by molar-refractivity contribution is 0.278. The van der Waals surface area contributed by atoms with Gasteiger partial charge in [-0.3, -0.25) is 4.98 Å². The van der Waals surface area contributed by atoms with Crippen LogP contribution in [-0.4, -0.2) is 21.7 Å². The van der Waals surface area contributed by atoms with Crippen molar-refractivity contribution in [2.45, 2.75) is 26.5 Å². The van der Waals surface area contributed by atoms with E-state index in [1.807, 2.05) is 6.07 Å². The molecule has 0 bridgehead atoms. The first-order valence-corrected chi connectivity index (χ1v) is 5.05. The van der Waals surface area contributed by atoms with E-state index in [1.165, 1.54) is 0 Å². The van der Waals surface area contributed by atoms with E-state index in [2.05, 4.69) is 10.3 Å². The third-order valence-electron chi connectivity index (χ3n) is 2.32. The first-order valence-electron chi connectivity index (χ1n) is 5.05. The summed E-state index contributed by atoms with van der Waals surface area (Å²) in [5.41, 5.74) is 1.79. The van der Waals surface area contributed by atoms with Crippen molar-refractivity contribution in [1.82, 2.24) is 10.3 Å². The Kier molecular flexibility index (Phi) is 4.70. The largest absolute Gasteiger partial charge is 0.506 e. The quantitative estimate of drug-likeness (QED) is 0.633. The molecule has 0 saturated heterocycles. The predicted octanol–water partition coefficient (Wildman–Crippen LogP) is 0.591. The molecular formula is C11H15N3O2. The highest BCUT2D eigenvalue weighted by Crippen LogP contribution is 2.23. The lowest BCUT2D eigenvalue weighted by Gasteiger charge is -2.11. The van der Waals surface area contributed by atoms with Crippen molar-refractivity contribution in [3.8, 4) is 11.8 Å². The number of aryl methyl sites for hydroxylation is 1. The van der Waals surface area contributed by atoms with Gasteiger partial charge in [0.25, 0.3) is 0 Å². The number of hydrogen-bond donors (Lipinski definition) is 3. The summed E-state index contributed by atoms with van der Waals surface area (Å²) >= 11 is 0. The molecular weight excluding hydrogens is 206 g/mol. The second-order valence-electron chi connectivity index (χ2n) is 3.44. The van der Waals surface area contributed by atoms with Crippen molar-refractivity contribution in [1.29, 1.82) is 5.26 Å². The van der Waals surface area contributed by atoms with Gasteiger partial charge in [-0.25, -0.2) is 0 Å². The molecule has 3 N–H and O–H groups in total. The van der Waals surface area contributed by atoms with Gasteiger partial charge in [-0.1, -0.05) is 0 Å². The third-order valence-corrected chi connectivity index (χ3v) is 2.32. The van der Waals surface area contributed by atoms with Crippen LogP contribution >= 0.6 is 0 Å². The summed E-state index contributed by atoms with van der Waals surface area (Å²) in [7, 11) is 0. The minimum atomic E-state index is -0.157. The lowest BCUT2D eigenvalue weighted by Crippen LogP contribution is -2.16. The van der Waals surface area contributed by atoms with Crippen LogP contribution in [0.5, 0.6) is 5.75 Å². The summed E-state index contributed by atoms with van der Waals surface area (Å²) < 4.78 is 0. The Balaban J connectivity index is 2.77. The summed E-state index contributed by atoms with van der Waals surface area (Å²) in [4.78, 5) is 3.96. The first-order chi connectivity index (χ1) is 7.70. The Morgan fingerprint density at radius 1 is 1.56 bits per heavy atom. The number of rotatable bonds is 5. The molecule has 0 radical (unpaired) electrons. The van der Waals surface area contributed by atoms with Crippen molar-refractivity contribution >= 4 is 0 Å². The molecule has 0 aromatic carbocycles. The number of nitrogens with zero attached hydrogens (tertiary/aromatic N) is 2. The molecule has 0 aliphatic heterocycles. The summed E-state index contributed by atoms with van der Waals surface area (Å²) in [6, 6.07) is 2.02. The molecule has 0 amide bonds. The Hall–Kier alpha value is -1.64. The SMILES string of the molecule is Cc1ncc(CO)c(CNCCC#N)c1O. The minimum Gasteiger partial charge on any atom is -0.506 e. The van der Waals surface area contributed by atoms with E-state index < -0.39 is 0 Å². The average molecular weight is 221 g/mol. The van der Waals surface area contributed by atoms with E-state index in [0.29, 0.717) is 36.3 Å². The fraction of sp³-hybridized carbons (Fsp3) is 0.455. The first kappa shape index (κ1) is 12.4. The number of aromatic nitrogens is 1. The van der Waals surface area contributed by atoms with Crippen LogP contribution in [-0.2, 0) is 13.2 Å². The summed E-state index contributed by atoms with van der Waals surface area (Å²) in [5, 5.41) is 30.3. The van der Waals surface area contributed by atoms with E-state index >= 15 is 0 Å². The van der Waals surface area contributed by atoms with Crippen LogP contribution in [0.2, 0.25) is 0 Å². The predicted molar refractivity (Wildman–Crippen MR) is 58.5 cm³/mol.